The third kappa shape index (κ3) is 3.40. The van der Waals surface area contributed by atoms with Crippen LogP contribution in [0.25, 0.3) is 5.69 Å². The average molecular weight is 363 g/mol. The lowest BCUT2D eigenvalue weighted by atomic mass is 10.2. The Kier molecular flexibility index (Phi) is 4.58. The molecule has 1 aliphatic heterocycles. The molecular formula is C20H21N5O2. The van der Waals surface area contributed by atoms with Crippen molar-refractivity contribution in [2.45, 2.75) is 26.3 Å². The van der Waals surface area contributed by atoms with Gasteiger partial charge in [-0.05, 0) is 44.0 Å². The lowest BCUT2D eigenvalue weighted by Crippen LogP contribution is -2.31. The second kappa shape index (κ2) is 7.19. The number of methoxy groups -OCH3 is 1. The molecule has 27 heavy (non-hydrogen) atoms. The number of benzene rings is 1. The summed E-state index contributed by atoms with van der Waals surface area (Å²) in [5, 5.41) is 4.55. The third-order valence-electron chi connectivity index (χ3n) is 4.76. The van der Waals surface area contributed by atoms with Crippen LogP contribution in [0.3, 0.4) is 0 Å². The first-order chi connectivity index (χ1) is 13.2. The van der Waals surface area contributed by atoms with Gasteiger partial charge >= 0.3 is 0 Å². The number of nitrogens with zero attached hydrogens (tertiary/aromatic N) is 5. The van der Waals surface area contributed by atoms with Gasteiger partial charge in [-0.2, -0.15) is 5.10 Å². The molecule has 0 radical (unpaired) electrons. The van der Waals surface area contributed by atoms with Crippen molar-refractivity contribution in [1.82, 2.24) is 24.6 Å². The predicted molar refractivity (Wildman–Crippen MR) is 99.9 cm³/mol. The minimum Gasteiger partial charge on any atom is -0.497 e. The number of amides is 1. The largest absolute Gasteiger partial charge is 0.497 e. The van der Waals surface area contributed by atoms with Crippen LogP contribution in [0.2, 0.25) is 0 Å². The molecule has 1 amide bonds. The van der Waals surface area contributed by atoms with Gasteiger partial charge in [0, 0.05) is 30.5 Å². The highest BCUT2D eigenvalue weighted by Crippen LogP contribution is 2.23. The van der Waals surface area contributed by atoms with Crippen molar-refractivity contribution in [2.24, 2.45) is 0 Å². The number of ether oxygens (including phenoxy) is 1. The standard InChI is InChI=1S/C20H21N5O2/c1-14-10-22-18(12-21-14)20(26)24-9-3-4-19-15(13-24)11-23-25(19)16-5-7-17(27-2)8-6-16/h5-8,10-12H,3-4,9,13H2,1-2H3. The molecule has 3 heterocycles. The van der Waals surface area contributed by atoms with Crippen molar-refractivity contribution >= 4 is 5.91 Å². The Labute approximate surface area is 157 Å². The van der Waals surface area contributed by atoms with Gasteiger partial charge < -0.3 is 9.64 Å². The smallest absolute Gasteiger partial charge is 0.274 e. The molecule has 2 aromatic heterocycles. The summed E-state index contributed by atoms with van der Waals surface area (Å²) in [4.78, 5) is 23.0. The van der Waals surface area contributed by atoms with E-state index in [1.54, 1.807) is 19.5 Å². The molecule has 7 nitrogen and oxygen atoms in total. The van der Waals surface area contributed by atoms with Crippen molar-refractivity contribution < 1.29 is 9.53 Å². The Morgan fingerprint density at radius 1 is 1.11 bits per heavy atom. The summed E-state index contributed by atoms with van der Waals surface area (Å²) in [5.41, 5.74) is 4.38. The number of fused-ring (bicyclic) bond motifs is 1. The Balaban J connectivity index is 1.59. The van der Waals surface area contributed by atoms with Crippen LogP contribution in [-0.2, 0) is 13.0 Å². The maximum absolute atomic E-state index is 12.8. The topological polar surface area (TPSA) is 73.1 Å². The summed E-state index contributed by atoms with van der Waals surface area (Å²) in [5.74, 6) is 0.723. The Hall–Kier alpha value is -3.22. The summed E-state index contributed by atoms with van der Waals surface area (Å²) >= 11 is 0. The van der Waals surface area contributed by atoms with Crippen LogP contribution in [0.1, 0.15) is 33.9 Å². The molecule has 0 saturated carbocycles. The van der Waals surface area contributed by atoms with Gasteiger partial charge in [-0.1, -0.05) is 0 Å². The second-order valence-corrected chi connectivity index (χ2v) is 6.60. The van der Waals surface area contributed by atoms with Crippen molar-refractivity contribution in [3.63, 3.8) is 0 Å². The highest BCUT2D eigenvalue weighted by Gasteiger charge is 2.24. The predicted octanol–water partition coefficient (Wildman–Crippen LogP) is 2.57. The van der Waals surface area contributed by atoms with Gasteiger partial charge in [0.15, 0.2) is 0 Å². The lowest BCUT2D eigenvalue weighted by molar-refractivity contribution is 0.0739. The molecule has 0 fully saturated rings. The van der Waals surface area contributed by atoms with E-state index in [4.69, 9.17) is 4.74 Å². The van der Waals surface area contributed by atoms with Crippen LogP contribution >= 0.6 is 0 Å². The van der Waals surface area contributed by atoms with E-state index in [9.17, 15) is 4.79 Å². The fourth-order valence-electron chi connectivity index (χ4n) is 3.31. The lowest BCUT2D eigenvalue weighted by Gasteiger charge is -2.19. The molecule has 0 N–H and O–H groups in total. The first-order valence-electron chi connectivity index (χ1n) is 8.94. The minimum atomic E-state index is -0.0902. The van der Waals surface area contributed by atoms with Crippen LogP contribution in [-0.4, -0.2) is 44.2 Å². The fourth-order valence-corrected chi connectivity index (χ4v) is 3.31. The van der Waals surface area contributed by atoms with E-state index in [2.05, 4.69) is 15.1 Å². The van der Waals surface area contributed by atoms with E-state index in [0.717, 1.165) is 41.2 Å². The molecule has 0 atom stereocenters. The minimum absolute atomic E-state index is 0.0902. The van der Waals surface area contributed by atoms with E-state index in [-0.39, 0.29) is 5.91 Å². The van der Waals surface area contributed by atoms with Crippen molar-refractivity contribution in [2.75, 3.05) is 13.7 Å². The van der Waals surface area contributed by atoms with Crippen LogP contribution in [0.4, 0.5) is 0 Å². The molecule has 1 aliphatic rings. The summed E-state index contributed by atoms with van der Waals surface area (Å²) < 4.78 is 7.18. The van der Waals surface area contributed by atoms with E-state index >= 15 is 0 Å². The number of rotatable bonds is 3. The normalized spacial score (nSPS) is 13.8. The van der Waals surface area contributed by atoms with Gasteiger partial charge in [-0.25, -0.2) is 9.67 Å². The molecule has 1 aromatic carbocycles. The first kappa shape index (κ1) is 17.2. The van der Waals surface area contributed by atoms with E-state index < -0.39 is 0 Å². The Morgan fingerprint density at radius 2 is 1.93 bits per heavy atom. The molecule has 0 aliphatic carbocycles. The zero-order chi connectivity index (χ0) is 18.8. The molecule has 0 spiro atoms. The van der Waals surface area contributed by atoms with Crippen molar-refractivity contribution in [1.29, 1.82) is 0 Å². The van der Waals surface area contributed by atoms with Gasteiger partial charge in [0.2, 0.25) is 0 Å². The van der Waals surface area contributed by atoms with Gasteiger partial charge in [0.1, 0.15) is 11.4 Å². The van der Waals surface area contributed by atoms with Crippen LogP contribution < -0.4 is 4.74 Å². The number of carbonyl (C=O) groups excluding carboxylic acids is 1. The fraction of sp³-hybridized carbons (Fsp3) is 0.300. The van der Waals surface area contributed by atoms with Crippen LogP contribution in [0.5, 0.6) is 5.75 Å². The van der Waals surface area contributed by atoms with Gasteiger partial charge in [-0.15, -0.1) is 0 Å². The highest BCUT2D eigenvalue weighted by atomic mass is 16.5. The first-order valence-corrected chi connectivity index (χ1v) is 8.94. The SMILES string of the molecule is COc1ccc(-n2ncc3c2CCCN(C(=O)c2cnc(C)cn2)C3)cc1. The third-order valence-corrected chi connectivity index (χ3v) is 4.76. The maximum Gasteiger partial charge on any atom is 0.274 e. The zero-order valence-corrected chi connectivity index (χ0v) is 15.4. The molecule has 3 aromatic rings. The molecule has 0 bridgehead atoms. The number of hydrogen-bond donors (Lipinski definition) is 0. The number of aryl methyl sites for hydroxylation is 1. The average Bonchev–Trinajstić information content (AvgIpc) is 2.97. The number of carbonyl (C=O) groups is 1. The Bertz CT molecular complexity index is 948. The van der Waals surface area contributed by atoms with Crippen molar-refractivity contribution in [3.05, 3.63) is 65.5 Å². The maximum atomic E-state index is 12.8. The van der Waals surface area contributed by atoms with Crippen LogP contribution in [0.15, 0.2) is 42.9 Å². The van der Waals surface area contributed by atoms with Gasteiger partial charge in [-0.3, -0.25) is 9.78 Å². The monoisotopic (exact) mass is 363 g/mol. The molecule has 138 valence electrons. The summed E-state index contributed by atoms with van der Waals surface area (Å²) in [6, 6.07) is 7.82. The molecule has 7 heteroatoms. The van der Waals surface area contributed by atoms with E-state index in [0.29, 0.717) is 18.8 Å². The van der Waals surface area contributed by atoms with Crippen LogP contribution in [0, 0.1) is 6.92 Å². The van der Waals surface area contributed by atoms with Gasteiger partial charge in [0.05, 0.1) is 30.9 Å². The van der Waals surface area contributed by atoms with Gasteiger partial charge in [0.25, 0.3) is 5.91 Å². The van der Waals surface area contributed by atoms with E-state index in [1.165, 1.54) is 0 Å². The molecule has 4 rings (SSSR count). The van der Waals surface area contributed by atoms with E-state index in [1.807, 2.05) is 47.0 Å². The summed E-state index contributed by atoms with van der Waals surface area (Å²) in [6.45, 7) is 3.07. The van der Waals surface area contributed by atoms with Crippen molar-refractivity contribution in [3.8, 4) is 11.4 Å². The second-order valence-electron chi connectivity index (χ2n) is 6.60. The quantitative estimate of drug-likeness (QED) is 0.715. The zero-order valence-electron chi connectivity index (χ0n) is 15.4. The molecule has 0 saturated heterocycles. The summed E-state index contributed by atoms with van der Waals surface area (Å²) in [6.07, 6.45) is 6.76. The molecule has 0 unspecified atom stereocenters. The molecular weight excluding hydrogens is 342 g/mol. The number of aromatic nitrogens is 4. The Morgan fingerprint density at radius 3 is 2.63 bits per heavy atom. The number of hydrogen-bond acceptors (Lipinski definition) is 5. The highest BCUT2D eigenvalue weighted by molar-refractivity contribution is 5.92. The summed E-state index contributed by atoms with van der Waals surface area (Å²) in [7, 11) is 1.65.